The molecular weight excluding hydrogens is 422 g/mol. The maximum absolute atomic E-state index is 12.6. The van der Waals surface area contributed by atoms with Crippen molar-refractivity contribution in [3.63, 3.8) is 0 Å². The Labute approximate surface area is 189 Å². The molecule has 3 N–H and O–H groups in total. The molecule has 3 amide bonds. The minimum absolute atomic E-state index is 0.152. The Bertz CT molecular complexity index is 1250. The Morgan fingerprint density at radius 1 is 0.656 bits per heavy atom. The van der Waals surface area contributed by atoms with Crippen LogP contribution < -0.4 is 16.0 Å². The molecular formula is C25H21N3O3S. The molecule has 0 fully saturated rings. The lowest BCUT2D eigenvalue weighted by Crippen LogP contribution is -2.34. The van der Waals surface area contributed by atoms with Crippen LogP contribution in [0.4, 0.5) is 5.69 Å². The Balaban J connectivity index is 1.27. The normalized spacial score (nSPS) is 10.5. The molecule has 160 valence electrons. The number of hydrogen-bond acceptors (Lipinski definition) is 4. The molecule has 0 bridgehead atoms. The molecule has 0 atom stereocenters. The van der Waals surface area contributed by atoms with E-state index in [0.29, 0.717) is 34.8 Å². The number of fused-ring (bicyclic) bond motifs is 1. The summed E-state index contributed by atoms with van der Waals surface area (Å²) >= 11 is 1.37. The van der Waals surface area contributed by atoms with E-state index in [0.717, 1.165) is 10.8 Å². The predicted octanol–water partition coefficient (Wildman–Crippen LogP) is 4.31. The van der Waals surface area contributed by atoms with Gasteiger partial charge in [0.15, 0.2) is 0 Å². The Kier molecular flexibility index (Phi) is 6.57. The average molecular weight is 444 g/mol. The van der Waals surface area contributed by atoms with Crippen LogP contribution in [-0.2, 0) is 0 Å². The summed E-state index contributed by atoms with van der Waals surface area (Å²) in [7, 11) is 0. The third-order valence-corrected chi connectivity index (χ3v) is 5.73. The Morgan fingerprint density at radius 3 is 2.06 bits per heavy atom. The third kappa shape index (κ3) is 5.19. The highest BCUT2D eigenvalue weighted by Gasteiger charge is 2.10. The highest BCUT2D eigenvalue weighted by molar-refractivity contribution is 7.12. The lowest BCUT2D eigenvalue weighted by molar-refractivity contribution is 0.0929. The van der Waals surface area contributed by atoms with Crippen LogP contribution in [0.25, 0.3) is 10.8 Å². The van der Waals surface area contributed by atoms with Crippen LogP contribution >= 0.6 is 11.3 Å². The van der Waals surface area contributed by atoms with Gasteiger partial charge in [0.1, 0.15) is 0 Å². The van der Waals surface area contributed by atoms with Crippen molar-refractivity contribution in [2.24, 2.45) is 0 Å². The maximum atomic E-state index is 12.6. The lowest BCUT2D eigenvalue weighted by atomic mass is 10.1. The topological polar surface area (TPSA) is 87.3 Å². The van der Waals surface area contributed by atoms with Crippen molar-refractivity contribution in [1.29, 1.82) is 0 Å². The number of rotatable bonds is 7. The number of nitrogens with one attached hydrogen (secondary N) is 3. The number of anilines is 1. The first-order valence-corrected chi connectivity index (χ1v) is 11.0. The molecule has 0 aliphatic carbocycles. The smallest absolute Gasteiger partial charge is 0.261 e. The number of benzene rings is 3. The number of thiophene rings is 1. The van der Waals surface area contributed by atoms with Crippen molar-refractivity contribution >= 4 is 45.5 Å². The zero-order valence-electron chi connectivity index (χ0n) is 17.1. The summed E-state index contributed by atoms with van der Waals surface area (Å²) in [6, 6.07) is 23.6. The Morgan fingerprint density at radius 2 is 1.34 bits per heavy atom. The van der Waals surface area contributed by atoms with Gasteiger partial charge in [-0.1, -0.05) is 36.4 Å². The van der Waals surface area contributed by atoms with Crippen LogP contribution in [0.15, 0.2) is 84.2 Å². The van der Waals surface area contributed by atoms with Crippen molar-refractivity contribution in [2.45, 2.75) is 0 Å². The quantitative estimate of drug-likeness (QED) is 0.372. The summed E-state index contributed by atoms with van der Waals surface area (Å²) < 4.78 is 0. The molecule has 0 aliphatic rings. The maximum Gasteiger partial charge on any atom is 0.261 e. The van der Waals surface area contributed by atoms with Gasteiger partial charge in [-0.25, -0.2) is 0 Å². The molecule has 0 aliphatic heterocycles. The Hall–Kier alpha value is -3.97. The van der Waals surface area contributed by atoms with Gasteiger partial charge in [-0.2, -0.15) is 0 Å². The fourth-order valence-electron chi connectivity index (χ4n) is 3.19. The monoisotopic (exact) mass is 443 g/mol. The van der Waals surface area contributed by atoms with Gasteiger partial charge in [-0.15, -0.1) is 11.3 Å². The standard InChI is InChI=1S/C25H21N3O3S/c29-23(26-13-14-27-25(31)22-6-3-15-32-22)18-9-11-21(12-10-18)28-24(30)20-8-7-17-4-1-2-5-19(17)16-20/h1-12,15-16H,13-14H2,(H,26,29)(H,27,31)(H,28,30). The molecule has 0 saturated carbocycles. The third-order valence-electron chi connectivity index (χ3n) is 4.86. The molecule has 4 aromatic rings. The lowest BCUT2D eigenvalue weighted by Gasteiger charge is -2.09. The van der Waals surface area contributed by atoms with Gasteiger partial charge in [0.25, 0.3) is 17.7 Å². The van der Waals surface area contributed by atoms with E-state index < -0.39 is 0 Å². The molecule has 7 heteroatoms. The molecule has 0 unspecified atom stereocenters. The van der Waals surface area contributed by atoms with Gasteiger partial charge in [0, 0.05) is 29.9 Å². The van der Waals surface area contributed by atoms with Gasteiger partial charge in [-0.05, 0) is 58.6 Å². The first-order chi connectivity index (χ1) is 15.6. The van der Waals surface area contributed by atoms with E-state index in [1.807, 2.05) is 47.8 Å². The zero-order chi connectivity index (χ0) is 22.3. The summed E-state index contributed by atoms with van der Waals surface area (Å²) in [5.74, 6) is -0.613. The highest BCUT2D eigenvalue weighted by atomic mass is 32.1. The molecule has 0 radical (unpaired) electrons. The van der Waals surface area contributed by atoms with Crippen LogP contribution in [0, 0.1) is 0 Å². The van der Waals surface area contributed by atoms with Crippen LogP contribution in [0.2, 0.25) is 0 Å². The van der Waals surface area contributed by atoms with E-state index in [-0.39, 0.29) is 17.7 Å². The first-order valence-electron chi connectivity index (χ1n) is 10.1. The SMILES string of the molecule is O=C(NCCNC(=O)c1cccs1)c1ccc(NC(=O)c2ccc3ccccc3c2)cc1. The molecule has 1 aromatic heterocycles. The average Bonchev–Trinajstić information content (AvgIpc) is 3.37. The van der Waals surface area contributed by atoms with Crippen LogP contribution in [0.5, 0.6) is 0 Å². The molecule has 4 rings (SSSR count). The fraction of sp³-hybridized carbons (Fsp3) is 0.0800. The van der Waals surface area contributed by atoms with E-state index in [4.69, 9.17) is 0 Å². The molecule has 0 saturated heterocycles. The van der Waals surface area contributed by atoms with Gasteiger partial charge >= 0.3 is 0 Å². The second-order valence-electron chi connectivity index (χ2n) is 7.08. The summed E-state index contributed by atoms with van der Waals surface area (Å²) in [5.41, 5.74) is 1.64. The van der Waals surface area contributed by atoms with E-state index in [1.54, 1.807) is 36.4 Å². The van der Waals surface area contributed by atoms with Crippen molar-refractivity contribution in [3.05, 3.63) is 100 Å². The number of carbonyl (C=O) groups excluding carboxylic acids is 3. The molecule has 1 heterocycles. The number of hydrogen-bond donors (Lipinski definition) is 3. The van der Waals surface area contributed by atoms with Crippen LogP contribution in [0.1, 0.15) is 30.4 Å². The fourth-order valence-corrected chi connectivity index (χ4v) is 3.83. The minimum atomic E-state index is -0.247. The molecule has 3 aromatic carbocycles. The van der Waals surface area contributed by atoms with Gasteiger partial charge < -0.3 is 16.0 Å². The van der Waals surface area contributed by atoms with E-state index in [2.05, 4.69) is 16.0 Å². The van der Waals surface area contributed by atoms with Crippen molar-refractivity contribution < 1.29 is 14.4 Å². The van der Waals surface area contributed by atoms with Gasteiger partial charge in [0.05, 0.1) is 4.88 Å². The van der Waals surface area contributed by atoms with E-state index in [9.17, 15) is 14.4 Å². The number of amides is 3. The van der Waals surface area contributed by atoms with Crippen LogP contribution in [0.3, 0.4) is 0 Å². The molecule has 0 spiro atoms. The van der Waals surface area contributed by atoms with Gasteiger partial charge in [0.2, 0.25) is 0 Å². The largest absolute Gasteiger partial charge is 0.350 e. The summed E-state index contributed by atoms with van der Waals surface area (Å²) in [6.07, 6.45) is 0. The van der Waals surface area contributed by atoms with Crippen molar-refractivity contribution in [1.82, 2.24) is 10.6 Å². The zero-order valence-corrected chi connectivity index (χ0v) is 17.9. The van der Waals surface area contributed by atoms with Crippen molar-refractivity contribution in [2.75, 3.05) is 18.4 Å². The molecule has 32 heavy (non-hydrogen) atoms. The predicted molar refractivity (Wildman–Crippen MR) is 127 cm³/mol. The van der Waals surface area contributed by atoms with Crippen LogP contribution in [-0.4, -0.2) is 30.8 Å². The second-order valence-corrected chi connectivity index (χ2v) is 8.03. The van der Waals surface area contributed by atoms with E-state index >= 15 is 0 Å². The highest BCUT2D eigenvalue weighted by Crippen LogP contribution is 2.17. The van der Waals surface area contributed by atoms with Crippen molar-refractivity contribution in [3.8, 4) is 0 Å². The molecule has 6 nitrogen and oxygen atoms in total. The summed E-state index contributed by atoms with van der Waals surface area (Å²) in [5, 5.41) is 12.3. The minimum Gasteiger partial charge on any atom is -0.350 e. The first kappa shape index (κ1) is 21.3. The summed E-state index contributed by atoms with van der Waals surface area (Å²) in [4.78, 5) is 37.4. The summed E-state index contributed by atoms with van der Waals surface area (Å²) in [6.45, 7) is 0.652. The second kappa shape index (κ2) is 9.89. The van der Waals surface area contributed by atoms with E-state index in [1.165, 1.54) is 11.3 Å². The number of carbonyl (C=O) groups is 3. The van der Waals surface area contributed by atoms with Gasteiger partial charge in [-0.3, -0.25) is 14.4 Å².